The first-order valence-electron chi connectivity index (χ1n) is 11.1. The van der Waals surface area contributed by atoms with Gasteiger partial charge >= 0.3 is 6.29 Å². The minimum Gasteiger partial charge on any atom is -0.395 e. The molecule has 35 heavy (non-hydrogen) atoms. The number of fused-ring (bicyclic) bond motifs is 1. The van der Waals surface area contributed by atoms with Crippen LogP contribution in [0.5, 0.6) is 11.5 Å². The van der Waals surface area contributed by atoms with Crippen molar-refractivity contribution in [2.45, 2.75) is 31.5 Å². The number of aromatic nitrogens is 1. The second-order valence-electron chi connectivity index (χ2n) is 9.03. The fourth-order valence-electron chi connectivity index (χ4n) is 4.24. The number of ether oxygens (including phenoxy) is 2. The van der Waals surface area contributed by atoms with E-state index in [9.17, 15) is 18.4 Å². The number of carbonyl (C=O) groups excluding carboxylic acids is 2. The number of amides is 2. The van der Waals surface area contributed by atoms with Gasteiger partial charge in [0, 0.05) is 25.9 Å². The van der Waals surface area contributed by atoms with Crippen molar-refractivity contribution in [1.29, 1.82) is 0 Å². The molecule has 9 heteroatoms. The number of hydrogen-bond acceptors (Lipinski definition) is 5. The van der Waals surface area contributed by atoms with Crippen molar-refractivity contribution in [2.75, 3.05) is 19.4 Å². The Morgan fingerprint density at radius 3 is 2.49 bits per heavy atom. The molecule has 3 aromatic rings. The van der Waals surface area contributed by atoms with Gasteiger partial charge in [-0.3, -0.25) is 9.59 Å². The summed E-state index contributed by atoms with van der Waals surface area (Å²) in [6.45, 7) is 1.90. The Labute approximate surface area is 200 Å². The maximum absolute atomic E-state index is 13.4. The number of alkyl halides is 2. The zero-order chi connectivity index (χ0) is 25.0. The first kappa shape index (κ1) is 22.8. The summed E-state index contributed by atoms with van der Waals surface area (Å²) in [7, 11) is 3.39. The van der Waals surface area contributed by atoms with Crippen LogP contribution >= 0.6 is 0 Å². The number of carbonyl (C=O) groups is 2. The first-order valence-corrected chi connectivity index (χ1v) is 11.1. The normalized spacial score (nSPS) is 16.5. The molecule has 1 saturated carbocycles. The fourth-order valence-corrected chi connectivity index (χ4v) is 4.24. The van der Waals surface area contributed by atoms with E-state index in [2.05, 4.69) is 19.8 Å². The monoisotopic (exact) mass is 479 g/mol. The van der Waals surface area contributed by atoms with Crippen LogP contribution in [0.2, 0.25) is 0 Å². The molecule has 0 spiro atoms. The Bertz CT molecular complexity index is 1350. The molecule has 2 aromatic carbocycles. The van der Waals surface area contributed by atoms with E-state index in [0.717, 1.165) is 16.7 Å². The van der Waals surface area contributed by atoms with Crippen molar-refractivity contribution >= 4 is 17.6 Å². The lowest BCUT2D eigenvalue weighted by molar-refractivity contribution is -0.286. The SMILES string of the molecule is Cc1cnc(NC(=O)C2(c3ccc4c(c3)OC(F)(F)O4)CC2)cc1-c1cccc(C(=O)N(C)C)c1. The Hall–Kier alpha value is -4.01. The summed E-state index contributed by atoms with van der Waals surface area (Å²) in [4.78, 5) is 31.5. The van der Waals surface area contributed by atoms with Gasteiger partial charge in [-0.15, -0.1) is 8.78 Å². The second-order valence-corrected chi connectivity index (χ2v) is 9.03. The van der Waals surface area contributed by atoms with Gasteiger partial charge in [-0.25, -0.2) is 4.98 Å². The summed E-state index contributed by atoms with van der Waals surface area (Å²) in [5, 5.41) is 2.87. The van der Waals surface area contributed by atoms with Crippen molar-refractivity contribution < 1.29 is 27.8 Å². The summed E-state index contributed by atoms with van der Waals surface area (Å²) in [5.74, 6) is -0.172. The lowest BCUT2D eigenvalue weighted by Crippen LogP contribution is -2.28. The number of nitrogens with one attached hydrogen (secondary N) is 1. The van der Waals surface area contributed by atoms with Crippen molar-refractivity contribution in [1.82, 2.24) is 9.88 Å². The molecule has 0 radical (unpaired) electrons. The van der Waals surface area contributed by atoms with Crippen LogP contribution in [0.3, 0.4) is 0 Å². The molecule has 0 atom stereocenters. The van der Waals surface area contributed by atoms with Gasteiger partial charge in [-0.05, 0) is 72.4 Å². The van der Waals surface area contributed by atoms with Crippen LogP contribution in [0.15, 0.2) is 54.7 Å². The minimum atomic E-state index is -3.71. The van der Waals surface area contributed by atoms with Gasteiger partial charge in [0.15, 0.2) is 11.5 Å². The van der Waals surface area contributed by atoms with Crippen molar-refractivity contribution in [2.24, 2.45) is 0 Å². The molecule has 0 unspecified atom stereocenters. The second kappa shape index (κ2) is 8.04. The summed E-state index contributed by atoms with van der Waals surface area (Å²) >= 11 is 0. The molecular weight excluding hydrogens is 456 g/mol. The van der Waals surface area contributed by atoms with Gasteiger partial charge < -0.3 is 19.7 Å². The molecule has 1 aromatic heterocycles. The van der Waals surface area contributed by atoms with E-state index in [0.29, 0.717) is 29.8 Å². The van der Waals surface area contributed by atoms with Crippen LogP contribution in [0.25, 0.3) is 11.1 Å². The predicted molar refractivity (Wildman–Crippen MR) is 125 cm³/mol. The number of anilines is 1. The maximum atomic E-state index is 13.4. The molecule has 180 valence electrons. The molecule has 0 bridgehead atoms. The number of aryl methyl sites for hydroxylation is 1. The molecule has 5 rings (SSSR count). The van der Waals surface area contributed by atoms with E-state index in [4.69, 9.17) is 0 Å². The molecule has 1 N–H and O–H groups in total. The van der Waals surface area contributed by atoms with E-state index in [1.807, 2.05) is 19.1 Å². The van der Waals surface area contributed by atoms with Crippen LogP contribution in [0.1, 0.15) is 34.3 Å². The topological polar surface area (TPSA) is 80.8 Å². The van der Waals surface area contributed by atoms with Crippen LogP contribution in [0.4, 0.5) is 14.6 Å². The van der Waals surface area contributed by atoms with E-state index in [1.165, 1.54) is 17.0 Å². The molecule has 1 aliphatic carbocycles. The predicted octanol–water partition coefficient (Wildman–Crippen LogP) is 4.75. The third-order valence-electron chi connectivity index (χ3n) is 6.31. The zero-order valence-electron chi connectivity index (χ0n) is 19.4. The van der Waals surface area contributed by atoms with Crippen molar-refractivity contribution in [3.8, 4) is 22.6 Å². The van der Waals surface area contributed by atoms with E-state index in [-0.39, 0.29) is 23.3 Å². The summed E-state index contributed by atoms with van der Waals surface area (Å²) < 4.78 is 35.8. The molecule has 2 amide bonds. The van der Waals surface area contributed by atoms with E-state index in [1.54, 1.807) is 44.6 Å². The number of hydrogen-bond donors (Lipinski definition) is 1. The van der Waals surface area contributed by atoms with Gasteiger partial charge in [0.1, 0.15) is 5.82 Å². The highest BCUT2D eigenvalue weighted by atomic mass is 19.3. The molecule has 0 saturated heterocycles. The highest BCUT2D eigenvalue weighted by Gasteiger charge is 2.53. The highest BCUT2D eigenvalue weighted by molar-refractivity contribution is 6.01. The Morgan fingerprint density at radius 2 is 1.77 bits per heavy atom. The molecular formula is C26H23F2N3O4. The highest BCUT2D eigenvalue weighted by Crippen LogP contribution is 2.52. The third kappa shape index (κ3) is 4.18. The fraction of sp³-hybridized carbons (Fsp3) is 0.269. The van der Waals surface area contributed by atoms with Crippen molar-refractivity contribution in [3.05, 3.63) is 71.4 Å². The van der Waals surface area contributed by atoms with Gasteiger partial charge in [-0.1, -0.05) is 18.2 Å². The smallest absolute Gasteiger partial charge is 0.395 e. The van der Waals surface area contributed by atoms with Gasteiger partial charge in [0.25, 0.3) is 5.91 Å². The van der Waals surface area contributed by atoms with Crippen LogP contribution < -0.4 is 14.8 Å². The molecule has 1 aliphatic heterocycles. The summed E-state index contributed by atoms with van der Waals surface area (Å²) in [5.41, 5.74) is 2.83. The Morgan fingerprint density at radius 1 is 1.03 bits per heavy atom. The minimum absolute atomic E-state index is 0.0604. The van der Waals surface area contributed by atoms with E-state index < -0.39 is 11.7 Å². The molecule has 2 aliphatic rings. The van der Waals surface area contributed by atoms with E-state index >= 15 is 0 Å². The lowest BCUT2D eigenvalue weighted by Gasteiger charge is -2.17. The number of nitrogens with zero attached hydrogens (tertiary/aromatic N) is 2. The zero-order valence-corrected chi connectivity index (χ0v) is 19.4. The Kier molecular flexibility index (Phi) is 5.23. The van der Waals surface area contributed by atoms with Gasteiger partial charge in [0.05, 0.1) is 5.41 Å². The lowest BCUT2D eigenvalue weighted by atomic mass is 9.94. The Balaban J connectivity index is 1.39. The average Bonchev–Trinajstić information content (AvgIpc) is 3.57. The number of benzene rings is 2. The average molecular weight is 479 g/mol. The standard InChI is InChI=1S/C26H23F2N3O4/c1-15-14-29-22(13-19(15)16-5-4-6-17(11-16)23(32)31(2)3)30-24(33)25(9-10-25)18-7-8-20-21(12-18)35-26(27,28)34-20/h4-8,11-14H,9-10H2,1-3H3,(H,29,30,33). The summed E-state index contributed by atoms with van der Waals surface area (Å²) in [6, 6.07) is 13.5. The maximum Gasteiger partial charge on any atom is 0.586 e. The first-order chi connectivity index (χ1) is 16.6. The quantitative estimate of drug-likeness (QED) is 0.571. The number of halogens is 2. The van der Waals surface area contributed by atoms with Crippen LogP contribution in [-0.2, 0) is 10.2 Å². The van der Waals surface area contributed by atoms with Crippen LogP contribution in [0, 0.1) is 6.92 Å². The molecule has 2 heterocycles. The number of rotatable bonds is 5. The summed E-state index contributed by atoms with van der Waals surface area (Å²) in [6.07, 6.45) is -0.908. The molecule has 7 nitrogen and oxygen atoms in total. The van der Waals surface area contributed by atoms with Crippen LogP contribution in [-0.4, -0.2) is 42.1 Å². The molecule has 1 fully saturated rings. The third-order valence-corrected chi connectivity index (χ3v) is 6.31. The van der Waals surface area contributed by atoms with Gasteiger partial charge in [0.2, 0.25) is 5.91 Å². The van der Waals surface area contributed by atoms with Gasteiger partial charge in [-0.2, -0.15) is 0 Å². The number of pyridine rings is 1. The van der Waals surface area contributed by atoms with Crippen molar-refractivity contribution in [3.63, 3.8) is 0 Å². The largest absolute Gasteiger partial charge is 0.586 e.